The maximum Gasteiger partial charge on any atom is 0.416 e. The highest BCUT2D eigenvalue weighted by Crippen LogP contribution is 2.32. The maximum atomic E-state index is 13.4. The summed E-state index contributed by atoms with van der Waals surface area (Å²) in [4.78, 5) is 12.3. The van der Waals surface area contributed by atoms with E-state index in [1.54, 1.807) is 24.9 Å². The van der Waals surface area contributed by atoms with E-state index >= 15 is 0 Å². The largest absolute Gasteiger partial charge is 0.493 e. The van der Waals surface area contributed by atoms with Crippen LogP contribution in [0.4, 0.5) is 13.2 Å². The van der Waals surface area contributed by atoms with Crippen molar-refractivity contribution in [1.82, 2.24) is 20.1 Å². The topological polar surface area (TPSA) is 78.3 Å². The zero-order valence-electron chi connectivity index (χ0n) is 23.5. The fraction of sp³-hybridized carbons (Fsp3) is 0.323. The highest BCUT2D eigenvalue weighted by atomic mass is 32.2. The van der Waals surface area contributed by atoms with Gasteiger partial charge in [-0.2, -0.15) is 13.2 Å². The number of unbranched alkanes of at least 4 members (excludes halogenated alkanes) is 1. The number of hydrogen-bond acceptors (Lipinski definition) is 6. The molecule has 0 aliphatic heterocycles. The molecule has 0 aliphatic rings. The van der Waals surface area contributed by atoms with Gasteiger partial charge in [0.1, 0.15) is 5.82 Å². The molecular weight excluding hydrogens is 565 g/mol. The summed E-state index contributed by atoms with van der Waals surface area (Å²) < 4.78 is 52.6. The van der Waals surface area contributed by atoms with Crippen molar-refractivity contribution in [2.24, 2.45) is 0 Å². The number of nitrogens with one attached hydrogen (secondary N) is 1. The predicted molar refractivity (Wildman–Crippen MR) is 156 cm³/mol. The van der Waals surface area contributed by atoms with Crippen LogP contribution < -0.4 is 14.8 Å². The third-order valence-electron chi connectivity index (χ3n) is 6.55. The first kappa shape index (κ1) is 31.0. The van der Waals surface area contributed by atoms with Crippen LogP contribution in [0.1, 0.15) is 41.8 Å². The lowest BCUT2D eigenvalue weighted by Gasteiger charge is -2.13. The molecule has 1 N–H and O–H groups in total. The first-order valence-corrected chi connectivity index (χ1v) is 14.5. The van der Waals surface area contributed by atoms with E-state index in [1.165, 1.54) is 17.8 Å². The first-order chi connectivity index (χ1) is 20.3. The molecule has 0 saturated carbocycles. The van der Waals surface area contributed by atoms with Gasteiger partial charge < -0.3 is 14.8 Å². The molecular formula is C31H33F3N4O3S. The quantitative estimate of drug-likeness (QED) is 0.132. The Hall–Kier alpha value is -3.99. The van der Waals surface area contributed by atoms with Gasteiger partial charge in [-0.15, -0.1) is 10.2 Å². The number of benzene rings is 3. The van der Waals surface area contributed by atoms with Crippen molar-refractivity contribution in [1.29, 1.82) is 0 Å². The molecule has 4 aromatic rings. The van der Waals surface area contributed by atoms with Crippen LogP contribution in [0, 0.1) is 0 Å². The molecule has 0 atom stereocenters. The Balaban J connectivity index is 1.31. The molecule has 42 heavy (non-hydrogen) atoms. The van der Waals surface area contributed by atoms with Crippen LogP contribution in [-0.2, 0) is 23.8 Å². The molecule has 11 heteroatoms. The number of nitrogens with zero attached hydrogens (tertiary/aromatic N) is 3. The van der Waals surface area contributed by atoms with Crippen molar-refractivity contribution < 1.29 is 27.4 Å². The fourth-order valence-corrected chi connectivity index (χ4v) is 5.36. The average molecular weight is 599 g/mol. The standard InChI is InChI=1S/C31H33F3N4O3S/c1-40-26-15-14-23(19-27(26)41-2)16-17-35-29(39)13-6-7-18-42-30-37-36-28(20-22-9-4-3-5-10-22)38(30)25-12-8-11-24(21-25)31(32,33)34/h3-5,8-12,14-15,19,21H,6-7,13,16-18,20H2,1-2H3,(H,35,39). The Kier molecular flexibility index (Phi) is 10.9. The number of ether oxygens (including phenoxy) is 2. The van der Waals surface area contributed by atoms with Crippen molar-refractivity contribution in [2.45, 2.75) is 43.4 Å². The molecule has 0 bridgehead atoms. The molecule has 0 spiro atoms. The summed E-state index contributed by atoms with van der Waals surface area (Å²) in [5.41, 5.74) is 1.64. The third-order valence-corrected chi connectivity index (χ3v) is 7.57. The van der Waals surface area contributed by atoms with Gasteiger partial charge in [-0.1, -0.05) is 54.2 Å². The highest BCUT2D eigenvalue weighted by Gasteiger charge is 2.31. The number of methoxy groups -OCH3 is 2. The number of carbonyl (C=O) groups excluding carboxylic acids is 1. The normalized spacial score (nSPS) is 11.4. The first-order valence-electron chi connectivity index (χ1n) is 13.5. The number of aromatic nitrogens is 3. The van der Waals surface area contributed by atoms with E-state index in [4.69, 9.17) is 9.47 Å². The Morgan fingerprint density at radius 1 is 0.905 bits per heavy atom. The molecule has 7 nitrogen and oxygen atoms in total. The summed E-state index contributed by atoms with van der Waals surface area (Å²) >= 11 is 1.41. The lowest BCUT2D eigenvalue weighted by atomic mass is 10.1. The zero-order chi connectivity index (χ0) is 30.0. The smallest absolute Gasteiger partial charge is 0.416 e. The van der Waals surface area contributed by atoms with E-state index in [0.29, 0.717) is 66.1 Å². The SMILES string of the molecule is COc1ccc(CCNC(=O)CCCCSc2nnc(Cc3ccccc3)n2-c2cccc(C(F)(F)F)c2)cc1OC. The molecule has 0 radical (unpaired) electrons. The summed E-state index contributed by atoms with van der Waals surface area (Å²) in [6, 6.07) is 20.5. The molecule has 3 aromatic carbocycles. The van der Waals surface area contributed by atoms with E-state index in [-0.39, 0.29) is 5.91 Å². The molecule has 4 rings (SSSR count). The second-order valence-corrected chi connectivity index (χ2v) is 10.6. The van der Waals surface area contributed by atoms with Crippen LogP contribution >= 0.6 is 11.8 Å². The van der Waals surface area contributed by atoms with Gasteiger partial charge in [0, 0.05) is 25.1 Å². The minimum atomic E-state index is -4.46. The minimum Gasteiger partial charge on any atom is -0.493 e. The van der Waals surface area contributed by atoms with Crippen LogP contribution in [-0.4, -0.2) is 47.2 Å². The summed E-state index contributed by atoms with van der Waals surface area (Å²) in [6.07, 6.45) is -1.58. The summed E-state index contributed by atoms with van der Waals surface area (Å²) in [5.74, 6) is 2.47. The van der Waals surface area contributed by atoms with Gasteiger partial charge in [-0.25, -0.2) is 0 Å². The lowest BCUT2D eigenvalue weighted by molar-refractivity contribution is -0.137. The monoisotopic (exact) mass is 598 g/mol. The van der Waals surface area contributed by atoms with Gasteiger partial charge in [-0.3, -0.25) is 9.36 Å². The molecule has 1 aromatic heterocycles. The Morgan fingerprint density at radius 2 is 1.69 bits per heavy atom. The summed E-state index contributed by atoms with van der Waals surface area (Å²) in [5, 5.41) is 12.1. The van der Waals surface area contributed by atoms with Crippen LogP contribution in [0.25, 0.3) is 5.69 Å². The number of rotatable bonds is 14. The molecule has 1 heterocycles. The van der Waals surface area contributed by atoms with Crippen LogP contribution in [0.2, 0.25) is 0 Å². The number of hydrogen-bond donors (Lipinski definition) is 1. The Morgan fingerprint density at radius 3 is 2.43 bits per heavy atom. The third kappa shape index (κ3) is 8.51. The number of carbonyl (C=O) groups is 1. The number of amides is 1. The average Bonchev–Trinajstić information content (AvgIpc) is 3.39. The van der Waals surface area contributed by atoms with E-state index < -0.39 is 11.7 Å². The van der Waals surface area contributed by atoms with Gasteiger partial charge in [-0.05, 0) is 60.7 Å². The fourth-order valence-electron chi connectivity index (χ4n) is 4.39. The molecule has 0 saturated heterocycles. The minimum absolute atomic E-state index is 0.0299. The van der Waals surface area contributed by atoms with Crippen molar-refractivity contribution in [2.75, 3.05) is 26.5 Å². The number of alkyl halides is 3. The van der Waals surface area contributed by atoms with Gasteiger partial charge in [0.2, 0.25) is 5.91 Å². The van der Waals surface area contributed by atoms with Crippen molar-refractivity contribution in [3.8, 4) is 17.2 Å². The van der Waals surface area contributed by atoms with E-state index in [1.807, 2.05) is 48.5 Å². The summed E-state index contributed by atoms with van der Waals surface area (Å²) in [7, 11) is 3.17. The van der Waals surface area contributed by atoms with E-state index in [2.05, 4.69) is 15.5 Å². The van der Waals surface area contributed by atoms with Crippen LogP contribution in [0.5, 0.6) is 11.5 Å². The summed E-state index contributed by atoms with van der Waals surface area (Å²) in [6.45, 7) is 0.507. The maximum absolute atomic E-state index is 13.4. The second-order valence-electron chi connectivity index (χ2n) is 9.54. The zero-order valence-corrected chi connectivity index (χ0v) is 24.3. The molecule has 0 unspecified atom stereocenters. The Labute approximate surface area is 247 Å². The lowest BCUT2D eigenvalue weighted by Crippen LogP contribution is -2.25. The van der Waals surface area contributed by atoms with Crippen molar-refractivity contribution in [3.05, 3.63) is 95.3 Å². The second kappa shape index (κ2) is 14.8. The molecule has 0 aliphatic carbocycles. The number of halogens is 3. The van der Waals surface area contributed by atoms with Gasteiger partial charge >= 0.3 is 6.18 Å². The van der Waals surface area contributed by atoms with Crippen molar-refractivity contribution in [3.63, 3.8) is 0 Å². The van der Waals surface area contributed by atoms with E-state index in [9.17, 15) is 18.0 Å². The molecule has 222 valence electrons. The highest BCUT2D eigenvalue weighted by molar-refractivity contribution is 7.99. The number of thioether (sulfide) groups is 1. The van der Waals surface area contributed by atoms with E-state index in [0.717, 1.165) is 29.7 Å². The molecule has 1 amide bonds. The van der Waals surface area contributed by atoms with Gasteiger partial charge in [0.15, 0.2) is 16.7 Å². The molecule has 0 fully saturated rings. The van der Waals surface area contributed by atoms with Crippen molar-refractivity contribution >= 4 is 17.7 Å². The van der Waals surface area contributed by atoms with Gasteiger partial charge in [0.05, 0.1) is 25.5 Å². The predicted octanol–water partition coefficient (Wildman–Crippen LogP) is 6.52. The Bertz CT molecular complexity index is 1460. The van der Waals surface area contributed by atoms with Crippen LogP contribution in [0.15, 0.2) is 78.0 Å². The van der Waals surface area contributed by atoms with Gasteiger partial charge in [0.25, 0.3) is 0 Å². The van der Waals surface area contributed by atoms with Crippen LogP contribution in [0.3, 0.4) is 0 Å².